The molecule has 1 heterocycles. The predicted molar refractivity (Wildman–Crippen MR) is 119 cm³/mol. The maximum atomic E-state index is 13.0. The van der Waals surface area contributed by atoms with Gasteiger partial charge >= 0.3 is 12.0 Å². The highest BCUT2D eigenvalue weighted by molar-refractivity contribution is 5.95. The van der Waals surface area contributed by atoms with Crippen LogP contribution in [-0.4, -0.2) is 25.2 Å². The molecule has 1 unspecified atom stereocenters. The van der Waals surface area contributed by atoms with E-state index in [1.807, 2.05) is 36.4 Å². The molecule has 7 heteroatoms. The summed E-state index contributed by atoms with van der Waals surface area (Å²) in [4.78, 5) is 25.2. The summed E-state index contributed by atoms with van der Waals surface area (Å²) in [6.07, 6.45) is 3.82. The van der Waals surface area contributed by atoms with Crippen molar-refractivity contribution in [2.75, 3.05) is 7.11 Å². The molecule has 2 aliphatic rings. The van der Waals surface area contributed by atoms with Gasteiger partial charge in [-0.1, -0.05) is 36.4 Å². The third-order valence-electron chi connectivity index (χ3n) is 5.82. The second kappa shape index (κ2) is 9.77. The third kappa shape index (κ3) is 4.88. The molecule has 0 radical (unpaired) electrons. The van der Waals surface area contributed by atoms with E-state index < -0.39 is 12.0 Å². The minimum Gasteiger partial charge on any atom is -0.493 e. The number of carbonyl (C=O) groups is 2. The van der Waals surface area contributed by atoms with Crippen LogP contribution >= 0.6 is 0 Å². The highest BCUT2D eigenvalue weighted by Gasteiger charge is 2.34. The van der Waals surface area contributed by atoms with Gasteiger partial charge in [-0.05, 0) is 55.9 Å². The molecule has 7 nitrogen and oxygen atoms in total. The molecule has 0 aromatic heterocycles. The molecule has 2 aromatic carbocycles. The zero-order valence-electron chi connectivity index (χ0n) is 18.4. The van der Waals surface area contributed by atoms with E-state index in [2.05, 4.69) is 10.6 Å². The van der Waals surface area contributed by atoms with Gasteiger partial charge in [0.1, 0.15) is 12.7 Å². The third-order valence-corrected chi connectivity index (χ3v) is 5.82. The van der Waals surface area contributed by atoms with Crippen LogP contribution < -0.4 is 20.1 Å². The number of amides is 2. The molecule has 0 bridgehead atoms. The lowest BCUT2D eigenvalue weighted by Gasteiger charge is -2.29. The molecule has 2 amide bonds. The van der Waals surface area contributed by atoms with Crippen molar-refractivity contribution in [3.8, 4) is 11.5 Å². The van der Waals surface area contributed by atoms with Crippen LogP contribution in [0.3, 0.4) is 0 Å². The Labute approximate surface area is 187 Å². The van der Waals surface area contributed by atoms with Crippen molar-refractivity contribution in [3.05, 3.63) is 70.9 Å². The van der Waals surface area contributed by atoms with Gasteiger partial charge in [0.2, 0.25) is 0 Å². The number of hydrogen-bond donors (Lipinski definition) is 2. The van der Waals surface area contributed by atoms with Crippen molar-refractivity contribution >= 4 is 12.0 Å². The zero-order chi connectivity index (χ0) is 22.5. The number of benzene rings is 2. The number of esters is 1. The summed E-state index contributed by atoms with van der Waals surface area (Å²) in [7, 11) is 1.56. The number of urea groups is 1. The minimum absolute atomic E-state index is 0.0654. The smallest absolute Gasteiger partial charge is 0.338 e. The fourth-order valence-corrected chi connectivity index (χ4v) is 4.15. The molecular weight excluding hydrogens is 408 g/mol. The number of ether oxygens (including phenoxy) is 3. The SMILES string of the molecule is COc1cc(C2NC(=O)NC(C)=C2C(=O)OC2CCCC2)ccc1OCc1ccccc1. The Morgan fingerprint density at radius 3 is 2.53 bits per heavy atom. The van der Waals surface area contributed by atoms with E-state index in [1.54, 1.807) is 26.2 Å². The molecule has 1 saturated carbocycles. The summed E-state index contributed by atoms with van der Waals surface area (Å²) in [5, 5.41) is 5.53. The Kier molecular flexibility index (Phi) is 6.63. The summed E-state index contributed by atoms with van der Waals surface area (Å²) in [6, 6.07) is 14.2. The maximum absolute atomic E-state index is 13.0. The molecule has 1 fully saturated rings. The van der Waals surface area contributed by atoms with Crippen LogP contribution in [-0.2, 0) is 16.1 Å². The van der Waals surface area contributed by atoms with Gasteiger partial charge in [-0.2, -0.15) is 0 Å². The van der Waals surface area contributed by atoms with Crippen molar-refractivity contribution in [1.29, 1.82) is 0 Å². The Balaban J connectivity index is 1.57. The summed E-state index contributed by atoms with van der Waals surface area (Å²) >= 11 is 0. The van der Waals surface area contributed by atoms with Gasteiger partial charge in [0.15, 0.2) is 11.5 Å². The molecule has 0 saturated heterocycles. The Hall–Kier alpha value is -3.48. The second-order valence-electron chi connectivity index (χ2n) is 8.07. The number of hydrogen-bond acceptors (Lipinski definition) is 5. The van der Waals surface area contributed by atoms with Crippen molar-refractivity contribution in [1.82, 2.24) is 10.6 Å². The Bertz CT molecular complexity index is 1010. The first-order valence-corrected chi connectivity index (χ1v) is 10.9. The van der Waals surface area contributed by atoms with Crippen molar-refractivity contribution in [3.63, 3.8) is 0 Å². The first-order chi connectivity index (χ1) is 15.5. The normalized spacial score (nSPS) is 18.7. The lowest BCUT2D eigenvalue weighted by atomic mass is 9.95. The summed E-state index contributed by atoms with van der Waals surface area (Å²) in [5.41, 5.74) is 2.64. The fraction of sp³-hybridized carbons (Fsp3) is 0.360. The highest BCUT2D eigenvalue weighted by Crippen LogP contribution is 2.35. The van der Waals surface area contributed by atoms with Crippen LogP contribution in [0, 0.1) is 0 Å². The zero-order valence-corrected chi connectivity index (χ0v) is 18.4. The van der Waals surface area contributed by atoms with E-state index in [0.29, 0.717) is 34.9 Å². The molecule has 168 valence electrons. The fourth-order valence-electron chi connectivity index (χ4n) is 4.15. The molecule has 0 spiro atoms. The van der Waals surface area contributed by atoms with Gasteiger partial charge in [0.05, 0.1) is 18.7 Å². The topological polar surface area (TPSA) is 85.9 Å². The summed E-state index contributed by atoms with van der Waals surface area (Å²) in [6.45, 7) is 2.12. The minimum atomic E-state index is -0.644. The largest absolute Gasteiger partial charge is 0.493 e. The van der Waals surface area contributed by atoms with E-state index in [1.165, 1.54) is 0 Å². The molecule has 4 rings (SSSR count). The quantitative estimate of drug-likeness (QED) is 0.629. The van der Waals surface area contributed by atoms with Gasteiger partial charge in [-0.25, -0.2) is 9.59 Å². The second-order valence-corrected chi connectivity index (χ2v) is 8.07. The van der Waals surface area contributed by atoms with Crippen LogP contribution in [0.25, 0.3) is 0 Å². The maximum Gasteiger partial charge on any atom is 0.338 e. The van der Waals surface area contributed by atoms with Gasteiger partial charge in [-0.15, -0.1) is 0 Å². The number of carbonyl (C=O) groups excluding carboxylic acids is 2. The lowest BCUT2D eigenvalue weighted by molar-refractivity contribution is -0.144. The molecule has 32 heavy (non-hydrogen) atoms. The molecule has 1 aliphatic heterocycles. The van der Waals surface area contributed by atoms with E-state index in [4.69, 9.17) is 14.2 Å². The molecular formula is C25H28N2O5. The molecule has 2 aromatic rings. The van der Waals surface area contributed by atoms with E-state index in [-0.39, 0.29) is 12.1 Å². The Morgan fingerprint density at radius 1 is 1.06 bits per heavy atom. The van der Waals surface area contributed by atoms with Crippen LogP contribution in [0.4, 0.5) is 4.79 Å². The number of allylic oxidation sites excluding steroid dienone is 1. The molecule has 1 aliphatic carbocycles. The summed E-state index contributed by atoms with van der Waals surface area (Å²) in [5.74, 6) is 0.693. The van der Waals surface area contributed by atoms with E-state index in [9.17, 15) is 9.59 Å². The molecule has 2 N–H and O–H groups in total. The van der Waals surface area contributed by atoms with E-state index >= 15 is 0 Å². The average molecular weight is 437 g/mol. The highest BCUT2D eigenvalue weighted by atomic mass is 16.5. The van der Waals surface area contributed by atoms with Gasteiger partial charge in [-0.3, -0.25) is 0 Å². The lowest BCUT2D eigenvalue weighted by Crippen LogP contribution is -2.45. The first-order valence-electron chi connectivity index (χ1n) is 10.9. The molecule has 1 atom stereocenters. The van der Waals surface area contributed by atoms with Crippen LogP contribution in [0.15, 0.2) is 59.8 Å². The van der Waals surface area contributed by atoms with Crippen molar-refractivity contribution in [2.45, 2.75) is 51.4 Å². The van der Waals surface area contributed by atoms with E-state index in [0.717, 1.165) is 31.2 Å². The predicted octanol–water partition coefficient (Wildman–Crippen LogP) is 4.39. The number of nitrogens with one attached hydrogen (secondary N) is 2. The van der Waals surface area contributed by atoms with Gasteiger partial charge < -0.3 is 24.8 Å². The van der Waals surface area contributed by atoms with Crippen LogP contribution in [0.2, 0.25) is 0 Å². The number of rotatable bonds is 7. The van der Waals surface area contributed by atoms with Gasteiger partial charge in [0, 0.05) is 5.70 Å². The Morgan fingerprint density at radius 2 is 1.81 bits per heavy atom. The standard InChI is InChI=1S/C25H28N2O5/c1-16-22(24(28)32-19-10-6-7-11-19)23(27-25(29)26-16)18-12-13-20(21(14-18)30-2)31-15-17-8-4-3-5-9-17/h3-5,8-9,12-14,19,23H,6-7,10-11,15H2,1-2H3,(H2,26,27,29). The number of methoxy groups -OCH3 is 1. The summed E-state index contributed by atoms with van der Waals surface area (Å²) < 4.78 is 17.2. The van der Waals surface area contributed by atoms with Crippen LogP contribution in [0.5, 0.6) is 11.5 Å². The average Bonchev–Trinajstić information content (AvgIpc) is 3.30. The van der Waals surface area contributed by atoms with Crippen molar-refractivity contribution in [2.24, 2.45) is 0 Å². The first kappa shape index (κ1) is 21.7. The monoisotopic (exact) mass is 436 g/mol. The van der Waals surface area contributed by atoms with Crippen LogP contribution in [0.1, 0.15) is 49.8 Å². The van der Waals surface area contributed by atoms with Crippen molar-refractivity contribution < 1.29 is 23.8 Å². The van der Waals surface area contributed by atoms with Gasteiger partial charge in [0.25, 0.3) is 0 Å².